The lowest BCUT2D eigenvalue weighted by molar-refractivity contribution is -0.146. The number of carbonyl (C=O) groups is 3. The van der Waals surface area contributed by atoms with Gasteiger partial charge in [-0.3, -0.25) is 19.4 Å². The third-order valence-electron chi connectivity index (χ3n) is 8.98. The number of ether oxygens (including phenoxy) is 2. The molecule has 2 aromatic heterocycles. The van der Waals surface area contributed by atoms with Crippen molar-refractivity contribution in [2.24, 2.45) is 11.3 Å². The summed E-state index contributed by atoms with van der Waals surface area (Å²) in [6.07, 6.45) is 14.4. The highest BCUT2D eigenvalue weighted by molar-refractivity contribution is 5.97. The van der Waals surface area contributed by atoms with Gasteiger partial charge in [-0.25, -0.2) is 0 Å². The molecule has 42 heavy (non-hydrogen) atoms. The van der Waals surface area contributed by atoms with Crippen LogP contribution < -0.4 is 5.32 Å². The molecule has 2 fully saturated rings. The first-order valence-corrected chi connectivity index (χ1v) is 15.5. The third-order valence-corrected chi connectivity index (χ3v) is 8.98. The van der Waals surface area contributed by atoms with Gasteiger partial charge in [-0.1, -0.05) is 25.3 Å². The molecule has 230 valence electrons. The van der Waals surface area contributed by atoms with Gasteiger partial charge in [0.2, 0.25) is 5.76 Å². The van der Waals surface area contributed by atoms with Gasteiger partial charge in [0.05, 0.1) is 30.7 Å². The predicted molar refractivity (Wildman–Crippen MR) is 160 cm³/mol. The van der Waals surface area contributed by atoms with Crippen molar-refractivity contribution in [1.82, 2.24) is 15.2 Å². The van der Waals surface area contributed by atoms with Crippen LogP contribution in [-0.2, 0) is 19.1 Å². The summed E-state index contributed by atoms with van der Waals surface area (Å²) in [5, 5.41) is 3.19. The maximum Gasteiger partial charge on any atom is 0.302 e. The van der Waals surface area contributed by atoms with Crippen molar-refractivity contribution < 1.29 is 28.3 Å². The summed E-state index contributed by atoms with van der Waals surface area (Å²) >= 11 is 0. The third kappa shape index (κ3) is 9.41. The van der Waals surface area contributed by atoms with Crippen molar-refractivity contribution in [3.63, 3.8) is 0 Å². The molecule has 0 spiro atoms. The number of likely N-dealkylation sites (tertiary alicyclic amines) is 1. The molecule has 9 nitrogen and oxygen atoms in total. The van der Waals surface area contributed by atoms with E-state index in [1.165, 1.54) is 46.0 Å². The number of carbonyl (C=O) groups excluding carboxylic acids is 3. The molecule has 1 aliphatic heterocycles. The molecule has 1 saturated heterocycles. The standard InChI is InChI=1S/C33H47N3O6/c1-24-7-8-30(34-21-24)29-12-20-40-31(29)32(39)35-28-10-17-36(18-11-28)19-16-33(13-5-4-6-14-33)15-9-27(22-41-25(2)37)23-42-26(3)38/h7-8,12,20-21,27-28H,4-6,9-11,13-19,22-23H2,1-3H3,(H,35,39). The Morgan fingerprint density at radius 3 is 2.33 bits per heavy atom. The number of pyridine rings is 1. The Kier molecular flexibility index (Phi) is 11.6. The highest BCUT2D eigenvalue weighted by Gasteiger charge is 2.34. The molecule has 1 N–H and O–H groups in total. The Hall–Kier alpha value is -3.20. The number of hydrogen-bond donors (Lipinski definition) is 1. The van der Waals surface area contributed by atoms with Crippen molar-refractivity contribution in [3.8, 4) is 11.3 Å². The fraction of sp³-hybridized carbons (Fsp3) is 0.636. The first-order valence-electron chi connectivity index (χ1n) is 15.5. The van der Waals surface area contributed by atoms with E-state index in [0.29, 0.717) is 24.5 Å². The number of rotatable bonds is 13. The topological polar surface area (TPSA) is 111 Å². The number of aryl methyl sites for hydroxylation is 1. The highest BCUT2D eigenvalue weighted by Crippen LogP contribution is 2.44. The summed E-state index contributed by atoms with van der Waals surface area (Å²) in [7, 11) is 0. The number of esters is 2. The molecule has 1 aliphatic carbocycles. The van der Waals surface area contributed by atoms with E-state index in [1.807, 2.05) is 19.1 Å². The Morgan fingerprint density at radius 1 is 1.02 bits per heavy atom. The molecule has 2 aromatic rings. The van der Waals surface area contributed by atoms with Gasteiger partial charge in [0.1, 0.15) is 0 Å². The van der Waals surface area contributed by atoms with E-state index in [9.17, 15) is 14.4 Å². The number of furan rings is 1. The molecule has 0 atom stereocenters. The van der Waals surface area contributed by atoms with Crippen LogP contribution in [0, 0.1) is 18.3 Å². The second kappa shape index (κ2) is 15.3. The van der Waals surface area contributed by atoms with Crippen molar-refractivity contribution in [3.05, 3.63) is 42.0 Å². The lowest BCUT2D eigenvalue weighted by Gasteiger charge is -2.41. The zero-order valence-electron chi connectivity index (χ0n) is 25.5. The zero-order chi connectivity index (χ0) is 30.0. The summed E-state index contributed by atoms with van der Waals surface area (Å²) in [6, 6.07) is 5.80. The average molecular weight is 582 g/mol. The number of nitrogens with zero attached hydrogens (tertiary/aromatic N) is 2. The summed E-state index contributed by atoms with van der Waals surface area (Å²) in [5.41, 5.74) is 2.78. The Labute approximate surface area is 249 Å². The second-order valence-corrected chi connectivity index (χ2v) is 12.3. The number of piperidine rings is 1. The van der Waals surface area contributed by atoms with E-state index < -0.39 is 0 Å². The fourth-order valence-electron chi connectivity index (χ4n) is 6.38. The number of amides is 1. The largest absolute Gasteiger partial charge is 0.465 e. The van der Waals surface area contributed by atoms with Crippen molar-refractivity contribution in [2.45, 2.75) is 91.0 Å². The van der Waals surface area contributed by atoms with Crippen molar-refractivity contribution >= 4 is 17.8 Å². The molecule has 0 unspecified atom stereocenters. The lowest BCUT2D eigenvalue weighted by atomic mass is 9.68. The molecule has 2 aliphatic rings. The Balaban J connectivity index is 1.26. The molecule has 3 heterocycles. The van der Waals surface area contributed by atoms with Crippen LogP contribution in [0.4, 0.5) is 0 Å². The van der Waals surface area contributed by atoms with Gasteiger partial charge >= 0.3 is 11.9 Å². The molecule has 1 amide bonds. The second-order valence-electron chi connectivity index (χ2n) is 12.3. The minimum Gasteiger partial charge on any atom is -0.465 e. The van der Waals surface area contributed by atoms with Crippen LogP contribution in [-0.4, -0.2) is 66.6 Å². The smallest absolute Gasteiger partial charge is 0.302 e. The Bertz CT molecular complexity index is 1140. The molecule has 1 saturated carbocycles. The van der Waals surface area contributed by atoms with Crippen molar-refractivity contribution in [2.75, 3.05) is 32.8 Å². The fourth-order valence-corrected chi connectivity index (χ4v) is 6.38. The molecular weight excluding hydrogens is 534 g/mol. The van der Waals surface area contributed by atoms with E-state index in [2.05, 4.69) is 15.2 Å². The zero-order valence-corrected chi connectivity index (χ0v) is 25.5. The van der Waals surface area contributed by atoms with E-state index >= 15 is 0 Å². The van der Waals surface area contributed by atoms with Crippen LogP contribution in [0.1, 0.15) is 94.2 Å². The minimum absolute atomic E-state index is 0.0208. The van der Waals surface area contributed by atoms with Crippen LogP contribution in [0.5, 0.6) is 0 Å². The maximum atomic E-state index is 13.1. The normalized spacial score (nSPS) is 17.6. The van der Waals surface area contributed by atoms with Gasteiger partial charge in [-0.05, 0) is 81.5 Å². The van der Waals surface area contributed by atoms with Crippen molar-refractivity contribution in [1.29, 1.82) is 0 Å². The van der Waals surface area contributed by atoms with Crippen LogP contribution in [0.3, 0.4) is 0 Å². The first kappa shape index (κ1) is 31.7. The molecular formula is C33H47N3O6. The van der Waals surface area contributed by atoms with E-state index in [-0.39, 0.29) is 35.2 Å². The van der Waals surface area contributed by atoms with E-state index in [4.69, 9.17) is 13.9 Å². The van der Waals surface area contributed by atoms with E-state index in [1.54, 1.807) is 18.5 Å². The van der Waals surface area contributed by atoms with Gasteiger partial charge in [0.15, 0.2) is 0 Å². The lowest BCUT2D eigenvalue weighted by Crippen LogP contribution is -2.45. The van der Waals surface area contributed by atoms with Crippen LogP contribution in [0.25, 0.3) is 11.3 Å². The molecule has 0 bridgehead atoms. The molecule has 0 radical (unpaired) electrons. The number of nitrogens with one attached hydrogen (secondary N) is 1. The molecule has 0 aromatic carbocycles. The monoisotopic (exact) mass is 581 g/mol. The Morgan fingerprint density at radius 2 is 1.71 bits per heavy atom. The molecule has 9 heteroatoms. The van der Waals surface area contributed by atoms with Gasteiger partial charge < -0.3 is 24.1 Å². The SMILES string of the molecule is CC(=O)OCC(CCC1(CCN2CCC(NC(=O)c3occc3-c3ccc(C)cn3)CC2)CCCCC1)COC(C)=O. The summed E-state index contributed by atoms with van der Waals surface area (Å²) < 4.78 is 16.1. The van der Waals surface area contributed by atoms with Crippen LogP contribution in [0.15, 0.2) is 35.1 Å². The van der Waals surface area contributed by atoms with Gasteiger partial charge in [0.25, 0.3) is 5.91 Å². The maximum absolute atomic E-state index is 13.1. The van der Waals surface area contributed by atoms with Gasteiger partial charge in [0, 0.05) is 45.1 Å². The summed E-state index contributed by atoms with van der Waals surface area (Å²) in [5.74, 6) is -0.458. The van der Waals surface area contributed by atoms with E-state index in [0.717, 1.165) is 63.0 Å². The van der Waals surface area contributed by atoms with Gasteiger partial charge in [-0.2, -0.15) is 0 Å². The first-order chi connectivity index (χ1) is 20.2. The summed E-state index contributed by atoms with van der Waals surface area (Å²) in [6.45, 7) is 8.34. The number of aromatic nitrogens is 1. The highest BCUT2D eigenvalue weighted by atomic mass is 16.5. The number of hydrogen-bond acceptors (Lipinski definition) is 8. The average Bonchev–Trinajstić information content (AvgIpc) is 3.47. The minimum atomic E-state index is -0.303. The summed E-state index contributed by atoms with van der Waals surface area (Å²) in [4.78, 5) is 42.9. The van der Waals surface area contributed by atoms with Crippen LogP contribution in [0.2, 0.25) is 0 Å². The molecule has 4 rings (SSSR count). The quantitative estimate of drug-likeness (QED) is 0.300. The van der Waals surface area contributed by atoms with Crippen LogP contribution >= 0.6 is 0 Å². The van der Waals surface area contributed by atoms with Gasteiger partial charge in [-0.15, -0.1) is 0 Å². The predicted octanol–water partition coefficient (Wildman–Crippen LogP) is 5.71.